The van der Waals surface area contributed by atoms with Crippen molar-refractivity contribution in [2.45, 2.75) is 38.0 Å². The summed E-state index contributed by atoms with van der Waals surface area (Å²) in [6.07, 6.45) is 3.63. The number of benzene rings is 1. The maximum absolute atomic E-state index is 13.5. The van der Waals surface area contributed by atoms with Gasteiger partial charge in [0.15, 0.2) is 11.6 Å². The van der Waals surface area contributed by atoms with Crippen LogP contribution >= 0.6 is 0 Å². The standard InChI is InChI=1S/C14H20FNO2/c1-17-12-5-4-11(8-12)16-9-10-3-6-14(18-2)13(15)7-10/h3,6-7,11-12,16H,4-5,8-9H2,1-2H3. The second-order valence-corrected chi connectivity index (χ2v) is 4.72. The minimum absolute atomic E-state index is 0.291. The third-order valence-electron chi connectivity index (χ3n) is 3.53. The van der Waals surface area contributed by atoms with Crippen molar-refractivity contribution < 1.29 is 13.9 Å². The molecule has 1 aliphatic rings. The molecule has 4 heteroatoms. The lowest BCUT2D eigenvalue weighted by atomic mass is 10.2. The summed E-state index contributed by atoms with van der Waals surface area (Å²) < 4.78 is 23.7. The number of halogens is 1. The third kappa shape index (κ3) is 3.21. The summed E-state index contributed by atoms with van der Waals surface area (Å²) in [6, 6.07) is 5.55. The number of ether oxygens (including phenoxy) is 2. The average molecular weight is 253 g/mol. The van der Waals surface area contributed by atoms with Gasteiger partial charge >= 0.3 is 0 Å². The molecule has 0 amide bonds. The van der Waals surface area contributed by atoms with Gasteiger partial charge in [0, 0.05) is 19.7 Å². The fourth-order valence-electron chi connectivity index (χ4n) is 2.42. The molecule has 2 unspecified atom stereocenters. The molecule has 0 spiro atoms. The van der Waals surface area contributed by atoms with E-state index in [4.69, 9.17) is 9.47 Å². The Labute approximate surface area is 107 Å². The quantitative estimate of drug-likeness (QED) is 0.874. The molecule has 0 radical (unpaired) electrons. The van der Waals surface area contributed by atoms with E-state index in [1.807, 2.05) is 6.07 Å². The van der Waals surface area contributed by atoms with E-state index in [2.05, 4.69) is 5.32 Å². The van der Waals surface area contributed by atoms with Crippen molar-refractivity contribution in [2.75, 3.05) is 14.2 Å². The highest BCUT2D eigenvalue weighted by Gasteiger charge is 2.23. The van der Waals surface area contributed by atoms with Crippen LogP contribution in [0.2, 0.25) is 0 Å². The molecule has 1 saturated carbocycles. The molecule has 2 atom stereocenters. The van der Waals surface area contributed by atoms with Gasteiger partial charge in [-0.15, -0.1) is 0 Å². The molecule has 1 aromatic rings. The van der Waals surface area contributed by atoms with Gasteiger partial charge in [-0.3, -0.25) is 0 Å². The Morgan fingerprint density at radius 3 is 2.78 bits per heavy atom. The number of hydrogen-bond acceptors (Lipinski definition) is 3. The summed E-state index contributed by atoms with van der Waals surface area (Å²) in [7, 11) is 3.23. The molecule has 3 nitrogen and oxygen atoms in total. The van der Waals surface area contributed by atoms with Gasteiger partial charge in [-0.2, -0.15) is 0 Å². The second kappa shape index (κ2) is 6.16. The predicted octanol–water partition coefficient (Wildman–Crippen LogP) is 2.49. The molecule has 1 fully saturated rings. The van der Waals surface area contributed by atoms with Gasteiger partial charge in [0.25, 0.3) is 0 Å². The first kappa shape index (κ1) is 13.3. The molecule has 0 saturated heterocycles. The van der Waals surface area contributed by atoms with Gasteiger partial charge in [0.2, 0.25) is 0 Å². The lowest BCUT2D eigenvalue weighted by Crippen LogP contribution is -2.26. The summed E-state index contributed by atoms with van der Waals surface area (Å²) in [5, 5.41) is 3.44. The zero-order valence-electron chi connectivity index (χ0n) is 10.9. The smallest absolute Gasteiger partial charge is 0.165 e. The van der Waals surface area contributed by atoms with Crippen LogP contribution in [0, 0.1) is 5.82 Å². The van der Waals surface area contributed by atoms with Crippen molar-refractivity contribution in [2.24, 2.45) is 0 Å². The Morgan fingerprint density at radius 1 is 1.33 bits per heavy atom. The van der Waals surface area contributed by atoms with Crippen LogP contribution in [0.3, 0.4) is 0 Å². The number of nitrogens with one attached hydrogen (secondary N) is 1. The lowest BCUT2D eigenvalue weighted by molar-refractivity contribution is 0.107. The fourth-order valence-corrected chi connectivity index (χ4v) is 2.42. The maximum Gasteiger partial charge on any atom is 0.165 e. The van der Waals surface area contributed by atoms with E-state index < -0.39 is 0 Å². The zero-order chi connectivity index (χ0) is 13.0. The first-order valence-electron chi connectivity index (χ1n) is 6.31. The van der Waals surface area contributed by atoms with Gasteiger partial charge in [-0.25, -0.2) is 4.39 Å². The summed E-state index contributed by atoms with van der Waals surface area (Å²) in [5.74, 6) is -0.0166. The van der Waals surface area contributed by atoms with E-state index in [1.165, 1.54) is 13.2 Å². The summed E-state index contributed by atoms with van der Waals surface area (Å²) in [4.78, 5) is 0. The molecule has 100 valence electrons. The third-order valence-corrected chi connectivity index (χ3v) is 3.53. The van der Waals surface area contributed by atoms with E-state index in [1.54, 1.807) is 13.2 Å². The van der Waals surface area contributed by atoms with Crippen molar-refractivity contribution in [1.82, 2.24) is 5.32 Å². The van der Waals surface area contributed by atoms with E-state index in [-0.39, 0.29) is 5.82 Å². The summed E-state index contributed by atoms with van der Waals surface area (Å²) in [6.45, 7) is 0.683. The molecule has 1 N–H and O–H groups in total. The molecule has 0 heterocycles. The van der Waals surface area contributed by atoms with Crippen LogP contribution in [0.15, 0.2) is 18.2 Å². The highest BCUT2D eigenvalue weighted by Crippen LogP contribution is 2.22. The lowest BCUT2D eigenvalue weighted by Gasteiger charge is -2.13. The maximum atomic E-state index is 13.5. The first-order valence-corrected chi connectivity index (χ1v) is 6.31. The normalized spacial score (nSPS) is 23.3. The fraction of sp³-hybridized carbons (Fsp3) is 0.571. The average Bonchev–Trinajstić information content (AvgIpc) is 2.84. The largest absolute Gasteiger partial charge is 0.494 e. The van der Waals surface area contributed by atoms with E-state index in [9.17, 15) is 4.39 Å². The van der Waals surface area contributed by atoms with Crippen LogP contribution < -0.4 is 10.1 Å². The van der Waals surface area contributed by atoms with E-state index in [0.29, 0.717) is 24.4 Å². The molecular formula is C14H20FNO2. The van der Waals surface area contributed by atoms with Crippen molar-refractivity contribution in [1.29, 1.82) is 0 Å². The molecule has 0 aromatic heterocycles. The Bertz CT molecular complexity index is 397. The van der Waals surface area contributed by atoms with Crippen molar-refractivity contribution in [3.05, 3.63) is 29.6 Å². The van der Waals surface area contributed by atoms with E-state index >= 15 is 0 Å². The summed E-state index contributed by atoms with van der Waals surface area (Å²) in [5.41, 5.74) is 0.939. The minimum atomic E-state index is -0.307. The number of rotatable bonds is 5. The number of hydrogen-bond donors (Lipinski definition) is 1. The van der Waals surface area contributed by atoms with Gasteiger partial charge < -0.3 is 14.8 Å². The molecule has 0 bridgehead atoms. The Morgan fingerprint density at radius 2 is 2.17 bits per heavy atom. The van der Waals surface area contributed by atoms with Crippen molar-refractivity contribution >= 4 is 0 Å². The van der Waals surface area contributed by atoms with Gasteiger partial charge in [-0.05, 0) is 37.0 Å². The monoisotopic (exact) mass is 253 g/mol. The van der Waals surface area contributed by atoms with Crippen molar-refractivity contribution in [3.8, 4) is 5.75 Å². The Hall–Kier alpha value is -1.13. The second-order valence-electron chi connectivity index (χ2n) is 4.72. The van der Waals surface area contributed by atoms with Crippen LogP contribution in [0.4, 0.5) is 4.39 Å². The SMILES string of the molecule is COc1ccc(CNC2CCC(OC)C2)cc1F. The zero-order valence-corrected chi connectivity index (χ0v) is 10.9. The molecule has 1 aromatic carbocycles. The minimum Gasteiger partial charge on any atom is -0.494 e. The topological polar surface area (TPSA) is 30.5 Å². The van der Waals surface area contributed by atoms with Crippen LogP contribution in [0.25, 0.3) is 0 Å². The van der Waals surface area contributed by atoms with Crippen LogP contribution in [0.1, 0.15) is 24.8 Å². The summed E-state index contributed by atoms with van der Waals surface area (Å²) >= 11 is 0. The van der Waals surface area contributed by atoms with Crippen LogP contribution in [0.5, 0.6) is 5.75 Å². The molecular weight excluding hydrogens is 233 g/mol. The van der Waals surface area contributed by atoms with Crippen molar-refractivity contribution in [3.63, 3.8) is 0 Å². The van der Waals surface area contributed by atoms with Gasteiger partial charge in [0.05, 0.1) is 13.2 Å². The Balaban J connectivity index is 1.85. The van der Waals surface area contributed by atoms with Gasteiger partial charge in [-0.1, -0.05) is 6.07 Å². The van der Waals surface area contributed by atoms with Crippen LogP contribution in [-0.4, -0.2) is 26.4 Å². The van der Waals surface area contributed by atoms with Crippen LogP contribution in [-0.2, 0) is 11.3 Å². The van der Waals surface area contributed by atoms with Gasteiger partial charge in [0.1, 0.15) is 0 Å². The Kier molecular flexibility index (Phi) is 4.55. The molecule has 2 rings (SSSR count). The highest BCUT2D eigenvalue weighted by atomic mass is 19.1. The molecule has 18 heavy (non-hydrogen) atoms. The number of methoxy groups -OCH3 is 2. The predicted molar refractivity (Wildman–Crippen MR) is 68.2 cm³/mol. The molecule has 1 aliphatic carbocycles. The molecule has 0 aliphatic heterocycles. The first-order chi connectivity index (χ1) is 8.72. The van der Waals surface area contributed by atoms with E-state index in [0.717, 1.165) is 24.8 Å². The highest BCUT2D eigenvalue weighted by molar-refractivity contribution is 5.29.